The second kappa shape index (κ2) is 11.5. The van der Waals surface area contributed by atoms with E-state index in [9.17, 15) is 0 Å². The van der Waals surface area contributed by atoms with Gasteiger partial charge in [0.05, 0.1) is 0 Å². The summed E-state index contributed by atoms with van der Waals surface area (Å²) in [6, 6.07) is 51.8. The summed E-state index contributed by atoms with van der Waals surface area (Å²) in [5.41, 5.74) is 3.69. The van der Waals surface area contributed by atoms with Gasteiger partial charge in [-0.3, -0.25) is 0 Å². The van der Waals surface area contributed by atoms with Gasteiger partial charge in [0.15, 0.2) is 0 Å². The summed E-state index contributed by atoms with van der Waals surface area (Å²) in [5, 5.41) is 2.55. The smallest absolute Gasteiger partial charge is 0.124 e. The first-order valence-electron chi connectivity index (χ1n) is 13.4. The Balaban J connectivity index is 0.000000145. The topological polar surface area (TPSA) is 12.9 Å². The third-order valence-corrected chi connectivity index (χ3v) is 12.0. The van der Waals surface area contributed by atoms with Crippen LogP contribution in [-0.2, 0) is 0 Å². The molecule has 1 nitrogen and oxygen atoms in total. The molecule has 7 rings (SSSR count). The molecule has 0 saturated carbocycles. The molecule has 196 valence electrons. The minimum atomic E-state index is -1.18. The summed E-state index contributed by atoms with van der Waals surface area (Å²) in [6.07, 6.45) is 4.36. The van der Waals surface area contributed by atoms with Crippen molar-refractivity contribution < 1.29 is 0 Å². The van der Waals surface area contributed by atoms with E-state index in [0.29, 0.717) is 0 Å². The average molecular weight is 554 g/mol. The second-order valence-electron chi connectivity index (χ2n) is 9.90. The molecule has 0 saturated heterocycles. The van der Waals surface area contributed by atoms with Crippen molar-refractivity contribution in [3.63, 3.8) is 0 Å². The van der Waals surface area contributed by atoms with Crippen LogP contribution in [-0.4, -0.2) is 11.2 Å². The Morgan fingerprint density at radius 1 is 0.525 bits per heavy atom. The molecule has 7 aromatic rings. The van der Waals surface area contributed by atoms with Crippen molar-refractivity contribution in [2.24, 2.45) is 0 Å². The number of benzene rings is 5. The van der Waals surface area contributed by atoms with Crippen LogP contribution in [0.1, 0.15) is 5.56 Å². The molecular weight excluding hydrogens is 523 g/mol. The Morgan fingerprint density at radius 3 is 1.65 bits per heavy atom. The van der Waals surface area contributed by atoms with Gasteiger partial charge >= 0.3 is 0 Å². The first-order chi connectivity index (χ1) is 19.6. The molecule has 0 amide bonds. The van der Waals surface area contributed by atoms with Gasteiger partial charge in [-0.2, -0.15) is 10.0 Å². The minimum Gasteiger partial charge on any atom is -0.245 e. The number of fused-ring (bicyclic) bond motifs is 3. The highest BCUT2D eigenvalue weighted by Gasteiger charge is 2.25. The first kappa shape index (κ1) is 26.1. The fourth-order valence-corrected chi connectivity index (χ4v) is 9.03. The molecule has 0 fully saturated rings. The van der Waals surface area contributed by atoms with Gasteiger partial charge < -0.3 is 0 Å². The molecule has 0 N–H and O–H groups in total. The van der Waals surface area contributed by atoms with Crippen LogP contribution >= 0.6 is 21.4 Å². The normalized spacial score (nSPS) is 11.7. The molecule has 0 unspecified atom stereocenters. The van der Waals surface area contributed by atoms with E-state index >= 15 is 0 Å². The van der Waals surface area contributed by atoms with Crippen LogP contribution < -0.4 is 0 Å². The van der Waals surface area contributed by atoms with E-state index in [1.165, 1.54) is 46.8 Å². The number of aromatic nitrogens is 1. The van der Waals surface area contributed by atoms with Crippen molar-refractivity contribution in [3.05, 3.63) is 157 Å². The van der Waals surface area contributed by atoms with Crippen LogP contribution in [0.4, 0.5) is 0 Å². The van der Waals surface area contributed by atoms with Crippen molar-refractivity contribution in [2.75, 3.05) is 6.26 Å². The van der Waals surface area contributed by atoms with Gasteiger partial charge in [0.25, 0.3) is 0 Å². The van der Waals surface area contributed by atoms with E-state index in [0.717, 1.165) is 4.83 Å². The summed E-state index contributed by atoms with van der Waals surface area (Å²) in [6.45, 7) is 2.12. The van der Waals surface area contributed by atoms with Gasteiger partial charge in [-0.1, -0.05) is 103 Å². The van der Waals surface area contributed by atoms with E-state index < -0.39 is 10.0 Å². The Labute approximate surface area is 242 Å². The predicted octanol–water partition coefficient (Wildman–Crippen LogP) is 11.0. The van der Waals surface area contributed by atoms with Crippen LogP contribution in [0.3, 0.4) is 0 Å². The van der Waals surface area contributed by atoms with E-state index in [4.69, 9.17) is 0 Å². The van der Waals surface area contributed by atoms with Crippen molar-refractivity contribution in [1.29, 1.82) is 0 Å². The van der Waals surface area contributed by atoms with Crippen molar-refractivity contribution >= 4 is 41.7 Å². The molecule has 40 heavy (non-hydrogen) atoms. The lowest BCUT2D eigenvalue weighted by atomic mass is 10.0. The molecule has 0 aliphatic rings. The molecule has 0 aliphatic carbocycles. The summed E-state index contributed by atoms with van der Waals surface area (Å²) < 4.78 is 1.30. The molecule has 0 atom stereocenters. The van der Waals surface area contributed by atoms with Crippen molar-refractivity contribution in [2.45, 2.75) is 21.6 Å². The van der Waals surface area contributed by atoms with Crippen LogP contribution in [0.25, 0.3) is 31.4 Å². The molecule has 2 heterocycles. The predicted molar refractivity (Wildman–Crippen MR) is 175 cm³/mol. The lowest BCUT2D eigenvalue weighted by Crippen LogP contribution is -2.01. The standard InChI is InChI=1S/C19H18S.C18H13NS/c1-20(17-11-5-2-6-12-17,18-13-7-3-8-14-18)19-15-9-4-10-16-19;1-12-5-4-6-13(9-12)14-10-16-15-7-2-3-8-17(15)20-18(16)19-11-14/h2-16H,1H3;2-11H,1H3. The van der Waals surface area contributed by atoms with Crippen molar-refractivity contribution in [3.8, 4) is 11.1 Å². The number of hydrogen-bond donors (Lipinski definition) is 0. The molecule has 0 bridgehead atoms. The van der Waals surface area contributed by atoms with Crippen LogP contribution in [0.15, 0.2) is 166 Å². The van der Waals surface area contributed by atoms with Gasteiger partial charge in [0, 0.05) is 27.2 Å². The third kappa shape index (κ3) is 5.19. The zero-order valence-corrected chi connectivity index (χ0v) is 24.3. The van der Waals surface area contributed by atoms with Crippen molar-refractivity contribution in [1.82, 2.24) is 4.98 Å². The SMILES string of the molecule is CS(c1ccccc1)(c1ccccc1)c1ccccc1.Cc1cccc(-c2cnc3sc4ccccc4c3c2)c1. The molecule has 0 radical (unpaired) electrons. The summed E-state index contributed by atoms with van der Waals surface area (Å²) in [4.78, 5) is 9.96. The lowest BCUT2D eigenvalue weighted by Gasteiger charge is -2.37. The Hall–Kier alpha value is -4.18. The average Bonchev–Trinajstić information content (AvgIpc) is 3.40. The van der Waals surface area contributed by atoms with Gasteiger partial charge in [-0.25, -0.2) is 4.98 Å². The van der Waals surface area contributed by atoms with Gasteiger partial charge in [-0.05, 0) is 82.0 Å². The number of aryl methyl sites for hydroxylation is 1. The number of hydrogen-bond acceptors (Lipinski definition) is 2. The molecule has 2 aromatic heterocycles. The van der Waals surface area contributed by atoms with E-state index in [1.807, 2.05) is 6.20 Å². The quantitative estimate of drug-likeness (QED) is 0.211. The van der Waals surface area contributed by atoms with Gasteiger partial charge in [0.1, 0.15) is 4.83 Å². The molecule has 5 aromatic carbocycles. The molecular formula is C37H31NS2. The number of pyridine rings is 1. The third-order valence-electron chi connectivity index (χ3n) is 7.23. The number of nitrogens with zero attached hydrogens (tertiary/aromatic N) is 1. The minimum absolute atomic E-state index is 1.11. The zero-order chi connectivity index (χ0) is 27.4. The summed E-state index contributed by atoms with van der Waals surface area (Å²) in [5.74, 6) is 0. The monoisotopic (exact) mass is 553 g/mol. The molecule has 0 spiro atoms. The Morgan fingerprint density at radius 2 is 1.07 bits per heavy atom. The molecule has 0 aliphatic heterocycles. The Kier molecular flexibility index (Phi) is 7.50. The van der Waals surface area contributed by atoms with Gasteiger partial charge in [0.2, 0.25) is 0 Å². The highest BCUT2D eigenvalue weighted by atomic mass is 32.3. The fraction of sp³-hybridized carbons (Fsp3) is 0.0541. The largest absolute Gasteiger partial charge is 0.245 e. The van der Waals surface area contributed by atoms with Crippen LogP contribution in [0.5, 0.6) is 0 Å². The van der Waals surface area contributed by atoms with Crippen LogP contribution in [0.2, 0.25) is 0 Å². The van der Waals surface area contributed by atoms with Crippen LogP contribution in [0, 0.1) is 6.92 Å². The lowest BCUT2D eigenvalue weighted by molar-refractivity contribution is 1.30. The summed E-state index contributed by atoms with van der Waals surface area (Å²) >= 11 is 1.76. The maximum atomic E-state index is 4.64. The highest BCUT2D eigenvalue weighted by molar-refractivity contribution is 8.33. The maximum absolute atomic E-state index is 4.64. The molecule has 3 heteroatoms. The number of rotatable bonds is 4. The van der Waals surface area contributed by atoms with Gasteiger partial charge in [-0.15, -0.1) is 11.3 Å². The van der Waals surface area contributed by atoms with E-state index in [2.05, 4.69) is 164 Å². The van der Waals surface area contributed by atoms with E-state index in [1.54, 1.807) is 11.3 Å². The summed E-state index contributed by atoms with van der Waals surface area (Å²) in [7, 11) is -1.18. The Bertz CT molecular complexity index is 1760. The zero-order valence-electron chi connectivity index (χ0n) is 22.7. The number of thiophene rings is 1. The fourth-order valence-electron chi connectivity index (χ4n) is 5.08. The maximum Gasteiger partial charge on any atom is 0.124 e. The second-order valence-corrected chi connectivity index (χ2v) is 14.2. The highest BCUT2D eigenvalue weighted by Crippen LogP contribution is 2.65. The first-order valence-corrected chi connectivity index (χ1v) is 16.3. The van der Waals surface area contributed by atoms with E-state index in [-0.39, 0.29) is 0 Å².